The van der Waals surface area contributed by atoms with Gasteiger partial charge in [-0.25, -0.2) is 0 Å². The van der Waals surface area contributed by atoms with Crippen LogP contribution in [0.1, 0.15) is 22.3 Å². The summed E-state index contributed by atoms with van der Waals surface area (Å²) in [6.45, 7) is 6.42. The molecule has 0 aliphatic carbocycles. The Morgan fingerprint density at radius 3 is 1.52 bits per heavy atom. The molecule has 3 aromatic rings. The molecule has 0 spiro atoms. The molecule has 4 rings (SSSR count). The summed E-state index contributed by atoms with van der Waals surface area (Å²) in [5.74, 6) is 0. The molecule has 0 N–H and O–H groups in total. The molecule has 0 aromatic heterocycles. The van der Waals surface area contributed by atoms with Crippen molar-refractivity contribution in [2.75, 3.05) is 0 Å². The van der Waals surface area contributed by atoms with Gasteiger partial charge in [0, 0.05) is 13.5 Å². The lowest BCUT2D eigenvalue weighted by molar-refractivity contribution is 0.0850. The van der Waals surface area contributed by atoms with Crippen LogP contribution in [0.2, 0.25) is 0 Å². The van der Waals surface area contributed by atoms with Gasteiger partial charge in [-0.2, -0.15) is 9.78 Å². The molecule has 0 unspecified atom stereocenters. The molecule has 25 heavy (non-hydrogen) atoms. The van der Waals surface area contributed by atoms with Crippen molar-refractivity contribution in [2.24, 2.45) is 0 Å². The molecule has 0 radical (unpaired) electrons. The zero-order valence-corrected chi connectivity index (χ0v) is 15.6. The highest BCUT2D eigenvalue weighted by Gasteiger charge is 2.59. The van der Waals surface area contributed by atoms with Crippen molar-refractivity contribution >= 4 is 18.5 Å². The highest BCUT2D eigenvalue weighted by Crippen LogP contribution is 2.65. The summed E-state index contributed by atoms with van der Waals surface area (Å²) in [5.41, 5.74) is 4.17. The van der Waals surface area contributed by atoms with Gasteiger partial charge in [0.1, 0.15) is 0 Å². The standard InChI is InChI=1S/C22H21O2P/c1-16-14-17(2)21(18(3)15-16)22(23-24-22)25(19-10-6-4-7-11-19)20-12-8-5-9-13-20/h4-15H,1-3H3. The Bertz CT molecular complexity index is 824. The van der Waals surface area contributed by atoms with Gasteiger partial charge in [0.15, 0.2) is 0 Å². The highest BCUT2D eigenvalue weighted by molar-refractivity contribution is 7.73. The second-order valence-electron chi connectivity index (χ2n) is 6.53. The fourth-order valence-corrected chi connectivity index (χ4v) is 6.31. The van der Waals surface area contributed by atoms with Crippen molar-refractivity contribution < 1.29 is 9.78 Å². The van der Waals surface area contributed by atoms with Gasteiger partial charge >= 0.3 is 0 Å². The summed E-state index contributed by atoms with van der Waals surface area (Å²) in [5, 5.41) is 2.50. The number of aryl methyl sites for hydroxylation is 3. The Hall–Kier alpha value is -1.99. The van der Waals surface area contributed by atoms with Crippen molar-refractivity contribution in [1.29, 1.82) is 0 Å². The molecule has 2 nitrogen and oxygen atoms in total. The normalized spacial score (nSPS) is 15.4. The lowest BCUT2D eigenvalue weighted by Gasteiger charge is -2.25. The van der Waals surface area contributed by atoms with Crippen LogP contribution in [0.4, 0.5) is 0 Å². The van der Waals surface area contributed by atoms with Crippen molar-refractivity contribution in [3.8, 4) is 0 Å². The average Bonchev–Trinajstić information content (AvgIpc) is 3.37. The first kappa shape index (κ1) is 16.5. The van der Waals surface area contributed by atoms with Gasteiger partial charge in [-0.3, -0.25) is 0 Å². The lowest BCUT2D eigenvalue weighted by Crippen LogP contribution is -2.24. The van der Waals surface area contributed by atoms with Crippen LogP contribution in [0.5, 0.6) is 0 Å². The van der Waals surface area contributed by atoms with E-state index in [2.05, 4.69) is 81.4 Å². The molecule has 1 saturated heterocycles. The zero-order valence-electron chi connectivity index (χ0n) is 14.7. The zero-order chi connectivity index (χ0) is 17.4. The molecule has 126 valence electrons. The third-order valence-corrected chi connectivity index (χ3v) is 7.15. The Morgan fingerprint density at radius 1 is 0.680 bits per heavy atom. The van der Waals surface area contributed by atoms with Gasteiger partial charge in [-0.1, -0.05) is 78.4 Å². The third-order valence-electron chi connectivity index (χ3n) is 4.56. The minimum atomic E-state index is -0.846. The smallest absolute Gasteiger partial charge is 0.184 e. The Balaban J connectivity index is 1.92. The van der Waals surface area contributed by atoms with E-state index in [1.165, 1.54) is 27.3 Å². The van der Waals surface area contributed by atoms with E-state index in [0.29, 0.717) is 0 Å². The van der Waals surface area contributed by atoms with Gasteiger partial charge in [0.2, 0.25) is 0 Å². The summed E-state index contributed by atoms with van der Waals surface area (Å²) < 4.78 is 0. The summed E-state index contributed by atoms with van der Waals surface area (Å²) >= 11 is 0. The Morgan fingerprint density at radius 2 is 1.12 bits per heavy atom. The Labute approximate surface area is 150 Å². The van der Waals surface area contributed by atoms with Gasteiger partial charge in [0.05, 0.1) is 0 Å². The van der Waals surface area contributed by atoms with Crippen molar-refractivity contribution in [3.05, 3.63) is 95.1 Å². The van der Waals surface area contributed by atoms with Gasteiger partial charge in [-0.05, 0) is 42.5 Å². The molecule has 0 atom stereocenters. The second kappa shape index (κ2) is 6.38. The van der Waals surface area contributed by atoms with E-state index in [0.717, 1.165) is 5.56 Å². The largest absolute Gasteiger partial charge is 0.284 e. The van der Waals surface area contributed by atoms with Crippen molar-refractivity contribution in [3.63, 3.8) is 0 Å². The molecule has 1 fully saturated rings. The predicted molar refractivity (Wildman–Crippen MR) is 104 cm³/mol. The number of benzene rings is 3. The number of hydrogen-bond acceptors (Lipinski definition) is 2. The molecule has 0 amide bonds. The van der Waals surface area contributed by atoms with Crippen LogP contribution in [0.3, 0.4) is 0 Å². The van der Waals surface area contributed by atoms with Crippen LogP contribution in [0.15, 0.2) is 72.8 Å². The second-order valence-corrected chi connectivity index (χ2v) is 8.82. The Kier molecular flexibility index (Phi) is 4.21. The van der Waals surface area contributed by atoms with E-state index < -0.39 is 13.4 Å². The van der Waals surface area contributed by atoms with E-state index in [-0.39, 0.29) is 0 Å². The molecule has 3 heteroatoms. The molecule has 1 heterocycles. The molecule has 1 aliphatic heterocycles. The fourth-order valence-electron chi connectivity index (χ4n) is 3.63. The summed E-state index contributed by atoms with van der Waals surface area (Å²) in [6, 6.07) is 25.5. The fraction of sp³-hybridized carbons (Fsp3) is 0.182. The molecule has 3 aromatic carbocycles. The molecule has 0 bridgehead atoms. The van der Waals surface area contributed by atoms with Crippen LogP contribution >= 0.6 is 7.92 Å². The number of rotatable bonds is 4. The lowest BCUT2D eigenvalue weighted by atomic mass is 9.99. The quantitative estimate of drug-likeness (QED) is 0.384. The summed E-state index contributed by atoms with van der Waals surface area (Å²) in [6.07, 6.45) is 0. The van der Waals surface area contributed by atoms with Gasteiger partial charge in [0.25, 0.3) is 5.53 Å². The van der Waals surface area contributed by atoms with Crippen LogP contribution in [-0.4, -0.2) is 0 Å². The minimum absolute atomic E-state index is 0.695. The average molecular weight is 348 g/mol. The molecular weight excluding hydrogens is 327 g/mol. The van der Waals surface area contributed by atoms with E-state index >= 15 is 0 Å². The highest BCUT2D eigenvalue weighted by atomic mass is 31.1. The van der Waals surface area contributed by atoms with Gasteiger partial charge < -0.3 is 0 Å². The summed E-state index contributed by atoms with van der Waals surface area (Å²) in [7, 11) is -0.846. The van der Waals surface area contributed by atoms with Gasteiger partial charge in [-0.15, -0.1) is 0 Å². The van der Waals surface area contributed by atoms with Crippen molar-refractivity contribution in [1.82, 2.24) is 0 Å². The maximum absolute atomic E-state index is 5.78. The monoisotopic (exact) mass is 348 g/mol. The summed E-state index contributed by atoms with van der Waals surface area (Å²) in [4.78, 5) is 11.6. The molecule has 1 aliphatic rings. The third kappa shape index (κ3) is 2.91. The predicted octanol–water partition coefficient (Wildman–Crippen LogP) is 4.82. The van der Waals surface area contributed by atoms with E-state index in [9.17, 15) is 0 Å². The van der Waals surface area contributed by atoms with Crippen LogP contribution in [0, 0.1) is 20.8 Å². The molecular formula is C22H21O2P. The van der Waals surface area contributed by atoms with Crippen molar-refractivity contribution in [2.45, 2.75) is 26.3 Å². The first-order chi connectivity index (χ1) is 12.1. The topological polar surface area (TPSA) is 25.1 Å². The minimum Gasteiger partial charge on any atom is -0.184 e. The number of hydrogen-bond donors (Lipinski definition) is 0. The van der Waals surface area contributed by atoms with E-state index in [1.807, 2.05) is 12.1 Å². The maximum Gasteiger partial charge on any atom is 0.284 e. The van der Waals surface area contributed by atoms with Crippen LogP contribution in [0.25, 0.3) is 0 Å². The maximum atomic E-state index is 5.78. The first-order valence-corrected chi connectivity index (χ1v) is 9.81. The SMILES string of the molecule is Cc1cc(C)c(C2(P(c3ccccc3)c3ccccc3)OO2)c(C)c1. The van der Waals surface area contributed by atoms with E-state index in [1.54, 1.807) is 0 Å². The van der Waals surface area contributed by atoms with Crippen LogP contribution in [-0.2, 0) is 15.3 Å². The first-order valence-electron chi connectivity index (χ1n) is 8.47. The molecule has 0 saturated carbocycles. The van der Waals surface area contributed by atoms with Crippen LogP contribution < -0.4 is 10.6 Å². The van der Waals surface area contributed by atoms with E-state index in [4.69, 9.17) is 9.78 Å².